The first-order valence-electron chi connectivity index (χ1n) is 11.7. The van der Waals surface area contributed by atoms with E-state index in [1.807, 2.05) is 0 Å². The molecule has 2 aliphatic carbocycles. The number of benzene rings is 2. The highest BCUT2D eigenvalue weighted by Gasteiger charge is 2.68. The summed E-state index contributed by atoms with van der Waals surface area (Å²) in [5, 5.41) is 2.42. The number of amides is 3. The summed E-state index contributed by atoms with van der Waals surface area (Å²) < 4.78 is 0. The van der Waals surface area contributed by atoms with Crippen molar-refractivity contribution in [3.8, 4) is 0 Å². The van der Waals surface area contributed by atoms with Gasteiger partial charge in [0.2, 0.25) is 0 Å². The Bertz CT molecular complexity index is 1230. The SMILES string of the molecule is CC[C@H](C(=O)c1ccccc1)N(C(=O)c1ccc(Cl)c(Cl)c1)N1C(=O)[C@@H]2[C@H]3C[C@@H]([C@H](Br)[C@H]3Br)[C@@H]2C1=O. The van der Waals surface area contributed by atoms with E-state index in [1.165, 1.54) is 18.2 Å². The molecular formula is C26H22Br2Cl2N2O4. The quantitative estimate of drug-likeness (QED) is 0.224. The Kier molecular flexibility index (Phi) is 7.09. The molecule has 0 radical (unpaired) electrons. The van der Waals surface area contributed by atoms with Gasteiger partial charge in [0.1, 0.15) is 6.04 Å². The third-order valence-corrected chi connectivity index (χ3v) is 11.5. The van der Waals surface area contributed by atoms with E-state index in [9.17, 15) is 19.2 Å². The zero-order valence-electron chi connectivity index (χ0n) is 19.1. The Labute approximate surface area is 235 Å². The number of hydrogen-bond donors (Lipinski definition) is 0. The minimum atomic E-state index is -1.07. The van der Waals surface area contributed by atoms with Gasteiger partial charge in [-0.05, 0) is 42.9 Å². The molecule has 5 rings (SSSR count). The predicted octanol–water partition coefficient (Wildman–Crippen LogP) is 5.79. The van der Waals surface area contributed by atoms with Gasteiger partial charge < -0.3 is 0 Å². The van der Waals surface area contributed by atoms with Crippen LogP contribution in [0.15, 0.2) is 48.5 Å². The second-order valence-corrected chi connectivity index (χ2v) is 12.4. The molecule has 188 valence electrons. The number of rotatable bonds is 6. The molecule has 2 aromatic rings. The van der Waals surface area contributed by atoms with Crippen LogP contribution in [0.1, 0.15) is 40.5 Å². The van der Waals surface area contributed by atoms with Crippen molar-refractivity contribution in [3.05, 3.63) is 69.7 Å². The van der Waals surface area contributed by atoms with Gasteiger partial charge >= 0.3 is 0 Å². The number of halogens is 4. The van der Waals surface area contributed by atoms with E-state index >= 15 is 0 Å². The second kappa shape index (κ2) is 9.86. The molecule has 0 N–H and O–H groups in total. The average molecular weight is 657 g/mol. The van der Waals surface area contributed by atoms with Gasteiger partial charge in [-0.3, -0.25) is 19.2 Å². The van der Waals surface area contributed by atoms with Crippen LogP contribution in [0.3, 0.4) is 0 Å². The minimum absolute atomic E-state index is 0.0299. The van der Waals surface area contributed by atoms with Gasteiger partial charge in [-0.15, -0.1) is 0 Å². The maximum absolute atomic E-state index is 14.0. The van der Waals surface area contributed by atoms with E-state index in [-0.39, 0.29) is 49.3 Å². The monoisotopic (exact) mass is 654 g/mol. The van der Waals surface area contributed by atoms with Crippen LogP contribution in [0.25, 0.3) is 0 Å². The van der Waals surface area contributed by atoms with Gasteiger partial charge in [0.15, 0.2) is 5.78 Å². The van der Waals surface area contributed by atoms with Crippen molar-refractivity contribution < 1.29 is 19.2 Å². The van der Waals surface area contributed by atoms with Crippen LogP contribution in [-0.2, 0) is 9.59 Å². The van der Waals surface area contributed by atoms with Gasteiger partial charge in [-0.1, -0.05) is 92.3 Å². The summed E-state index contributed by atoms with van der Waals surface area (Å²) in [7, 11) is 0. The van der Waals surface area contributed by atoms with Crippen LogP contribution in [-0.4, -0.2) is 49.2 Å². The van der Waals surface area contributed by atoms with Crippen LogP contribution in [0.5, 0.6) is 0 Å². The van der Waals surface area contributed by atoms with Gasteiger partial charge in [0.25, 0.3) is 17.7 Å². The molecule has 1 heterocycles. The van der Waals surface area contributed by atoms with E-state index < -0.39 is 35.6 Å². The Morgan fingerprint density at radius 1 is 0.944 bits per heavy atom. The van der Waals surface area contributed by atoms with Crippen molar-refractivity contribution in [3.63, 3.8) is 0 Å². The third kappa shape index (κ3) is 3.96. The number of hydrogen-bond acceptors (Lipinski definition) is 4. The van der Waals surface area contributed by atoms with Gasteiger partial charge in [0.05, 0.1) is 21.9 Å². The highest BCUT2D eigenvalue weighted by atomic mass is 79.9. The first kappa shape index (κ1) is 25.9. The largest absolute Gasteiger partial charge is 0.292 e. The number of fused-ring (bicyclic) bond motifs is 5. The van der Waals surface area contributed by atoms with Gasteiger partial charge in [-0.25, -0.2) is 5.01 Å². The number of hydrazine groups is 1. The van der Waals surface area contributed by atoms with Crippen LogP contribution in [0.2, 0.25) is 10.0 Å². The normalized spacial score (nSPS) is 29.4. The third-order valence-electron chi connectivity index (χ3n) is 7.60. The lowest BCUT2D eigenvalue weighted by atomic mass is 9.81. The molecule has 0 spiro atoms. The number of nitrogens with zero attached hydrogens (tertiary/aromatic N) is 2. The van der Waals surface area contributed by atoms with E-state index in [4.69, 9.17) is 23.2 Å². The molecule has 0 unspecified atom stereocenters. The molecule has 2 aromatic carbocycles. The molecule has 3 fully saturated rings. The molecule has 2 bridgehead atoms. The number of Topliss-reactive ketones (excluding diaryl/α,β-unsaturated/α-hetero) is 1. The fourth-order valence-electron chi connectivity index (χ4n) is 5.94. The lowest BCUT2D eigenvalue weighted by Gasteiger charge is -2.36. The van der Waals surface area contributed by atoms with Crippen molar-refractivity contribution >= 4 is 78.6 Å². The molecule has 3 aliphatic rings. The van der Waals surface area contributed by atoms with E-state index in [0.29, 0.717) is 5.56 Å². The van der Waals surface area contributed by atoms with Crippen LogP contribution in [0.4, 0.5) is 0 Å². The molecule has 36 heavy (non-hydrogen) atoms. The van der Waals surface area contributed by atoms with Crippen LogP contribution in [0, 0.1) is 23.7 Å². The van der Waals surface area contributed by atoms with Crippen molar-refractivity contribution in [2.75, 3.05) is 0 Å². The van der Waals surface area contributed by atoms with Crippen molar-refractivity contribution in [2.45, 2.75) is 35.5 Å². The first-order chi connectivity index (χ1) is 17.2. The molecule has 0 aromatic heterocycles. The molecule has 3 amide bonds. The highest BCUT2D eigenvalue weighted by Crippen LogP contribution is 2.60. The number of alkyl halides is 2. The highest BCUT2D eigenvalue weighted by molar-refractivity contribution is 9.12. The summed E-state index contributed by atoms with van der Waals surface area (Å²) in [6.45, 7) is 1.75. The summed E-state index contributed by atoms with van der Waals surface area (Å²) >= 11 is 19.6. The molecule has 6 nitrogen and oxygen atoms in total. The molecule has 10 heteroatoms. The second-order valence-electron chi connectivity index (χ2n) is 9.43. The molecule has 2 saturated carbocycles. The molecule has 7 atom stereocenters. The van der Waals surface area contributed by atoms with E-state index in [0.717, 1.165) is 16.4 Å². The standard InChI is InChI=1S/C26H22Br2Cl2N2O4/c1-2-18(23(33)12-6-4-3-5-7-12)31(24(34)13-8-9-16(29)17(30)10-13)32-25(35)19-14-11-15(20(19)26(32)36)22(28)21(14)27/h3-10,14-15,18-22H,2,11H2,1H3/t14-,15-,18-,19-,20+,21+,22+/m1/s1. The molecule has 1 aliphatic heterocycles. The Morgan fingerprint density at radius 3 is 2.06 bits per heavy atom. The van der Waals surface area contributed by atoms with E-state index in [2.05, 4.69) is 31.9 Å². The van der Waals surface area contributed by atoms with Crippen molar-refractivity contribution in [1.82, 2.24) is 10.0 Å². The molecule has 1 saturated heterocycles. The summed E-state index contributed by atoms with van der Waals surface area (Å²) in [6.07, 6.45) is 0.954. The van der Waals surface area contributed by atoms with Crippen LogP contribution >= 0.6 is 55.1 Å². The average Bonchev–Trinajstić information content (AvgIpc) is 3.49. The number of ketones is 1. The van der Waals surface area contributed by atoms with E-state index in [1.54, 1.807) is 37.3 Å². The van der Waals surface area contributed by atoms with Crippen LogP contribution < -0.4 is 0 Å². The Hall–Kier alpha value is -1.74. The summed E-state index contributed by atoms with van der Waals surface area (Å²) in [6, 6.07) is 11.8. The minimum Gasteiger partial charge on any atom is -0.292 e. The van der Waals surface area contributed by atoms with Gasteiger partial charge in [-0.2, -0.15) is 5.01 Å². The number of carbonyl (C=O) groups is 4. The Morgan fingerprint density at radius 2 is 1.53 bits per heavy atom. The summed E-state index contributed by atoms with van der Waals surface area (Å²) in [4.78, 5) is 55.4. The fourth-order valence-corrected chi connectivity index (χ4v) is 8.11. The first-order valence-corrected chi connectivity index (χ1v) is 14.3. The summed E-state index contributed by atoms with van der Waals surface area (Å²) in [5.41, 5.74) is 0.512. The lowest BCUT2D eigenvalue weighted by Crippen LogP contribution is -2.57. The zero-order valence-corrected chi connectivity index (χ0v) is 23.8. The zero-order chi connectivity index (χ0) is 25.9. The molecular weight excluding hydrogens is 635 g/mol. The smallest absolute Gasteiger partial charge is 0.273 e. The lowest BCUT2D eigenvalue weighted by molar-refractivity contribution is -0.157. The summed E-state index contributed by atoms with van der Waals surface area (Å²) in [5.74, 6) is -3.02. The van der Waals surface area contributed by atoms with Gasteiger partial charge in [0, 0.05) is 20.8 Å². The number of imide groups is 1. The fraction of sp³-hybridized carbons (Fsp3) is 0.385. The maximum atomic E-state index is 14.0. The predicted molar refractivity (Wildman–Crippen MR) is 143 cm³/mol. The van der Waals surface area contributed by atoms with Crippen molar-refractivity contribution in [1.29, 1.82) is 0 Å². The maximum Gasteiger partial charge on any atom is 0.273 e. The topological polar surface area (TPSA) is 74.8 Å². The van der Waals surface area contributed by atoms with Crippen molar-refractivity contribution in [2.24, 2.45) is 23.7 Å². The Balaban J connectivity index is 1.59. The number of carbonyl (C=O) groups excluding carboxylic acids is 4.